The number of hydrogen-bond acceptors (Lipinski definition) is 6. The number of benzene rings is 2. The molecule has 0 saturated heterocycles. The highest BCUT2D eigenvalue weighted by Crippen LogP contribution is 2.24. The van der Waals surface area contributed by atoms with Crippen molar-refractivity contribution < 1.29 is 14.4 Å². The van der Waals surface area contributed by atoms with Crippen LogP contribution < -0.4 is 5.32 Å². The minimum absolute atomic E-state index is 0.204. The van der Waals surface area contributed by atoms with Crippen LogP contribution in [-0.2, 0) is 6.42 Å². The van der Waals surface area contributed by atoms with Crippen molar-refractivity contribution >= 4 is 34.2 Å². The Morgan fingerprint density at radius 1 is 0.875 bits per heavy atom. The third-order valence-electron chi connectivity index (χ3n) is 5.15. The fourth-order valence-corrected chi connectivity index (χ4v) is 4.24. The fourth-order valence-electron chi connectivity index (χ4n) is 3.52. The van der Waals surface area contributed by atoms with Crippen LogP contribution in [0, 0.1) is 0 Å². The van der Waals surface area contributed by atoms with Crippen LogP contribution in [0.4, 0.5) is 5.13 Å². The van der Waals surface area contributed by atoms with Gasteiger partial charge in [-0.05, 0) is 48.5 Å². The molecule has 4 aromatic rings. The average Bonchev–Trinajstić information content (AvgIpc) is 3.55. The second kappa shape index (κ2) is 8.20. The van der Waals surface area contributed by atoms with E-state index in [1.165, 1.54) is 16.2 Å². The maximum Gasteiger partial charge on any atom is 0.261 e. The molecule has 0 radical (unpaired) electrons. The lowest BCUT2D eigenvalue weighted by Gasteiger charge is -2.12. The Kier molecular flexibility index (Phi) is 5.08. The smallest absolute Gasteiger partial charge is 0.261 e. The summed E-state index contributed by atoms with van der Waals surface area (Å²) in [7, 11) is 0. The first-order chi connectivity index (χ1) is 15.6. The van der Waals surface area contributed by atoms with E-state index in [4.69, 9.17) is 0 Å². The van der Waals surface area contributed by atoms with Crippen LogP contribution in [0.1, 0.15) is 36.1 Å². The Morgan fingerprint density at radius 2 is 1.53 bits per heavy atom. The lowest BCUT2D eigenvalue weighted by Crippen LogP contribution is -2.31. The van der Waals surface area contributed by atoms with E-state index < -0.39 is 0 Å². The summed E-state index contributed by atoms with van der Waals surface area (Å²) in [4.78, 5) is 38.6. The van der Waals surface area contributed by atoms with Gasteiger partial charge >= 0.3 is 0 Å². The Labute approximate surface area is 187 Å². The molecule has 8 nitrogen and oxygen atoms in total. The Balaban J connectivity index is 1.20. The predicted octanol–water partition coefficient (Wildman–Crippen LogP) is 3.42. The normalized spacial score (nSPS) is 12.8. The molecule has 0 aliphatic carbocycles. The summed E-state index contributed by atoms with van der Waals surface area (Å²) in [5.74, 6) is -0.883. The summed E-state index contributed by atoms with van der Waals surface area (Å²) in [6.45, 7) is 0.204. The first-order valence-corrected chi connectivity index (χ1v) is 10.7. The molecule has 0 saturated carbocycles. The first-order valence-electron chi connectivity index (χ1n) is 9.92. The number of hydrogen-bond donors (Lipinski definition) is 1. The summed E-state index contributed by atoms with van der Waals surface area (Å²) in [5.41, 5.74) is 2.30. The number of rotatable bonds is 6. The zero-order chi connectivity index (χ0) is 22.1. The van der Waals surface area contributed by atoms with Crippen molar-refractivity contribution in [2.75, 3.05) is 11.9 Å². The molecule has 5 rings (SSSR count). The molecule has 3 heterocycles. The van der Waals surface area contributed by atoms with E-state index >= 15 is 0 Å². The van der Waals surface area contributed by atoms with Crippen molar-refractivity contribution in [2.45, 2.75) is 6.42 Å². The molecule has 0 fully saturated rings. The summed E-state index contributed by atoms with van der Waals surface area (Å²) in [5, 5.41) is 11.8. The van der Waals surface area contributed by atoms with Gasteiger partial charge in [0.2, 0.25) is 5.13 Å². The largest absolute Gasteiger partial charge is 0.324 e. The summed E-state index contributed by atoms with van der Waals surface area (Å²) < 4.78 is 1.95. The van der Waals surface area contributed by atoms with Crippen LogP contribution in [-0.4, -0.2) is 43.9 Å². The van der Waals surface area contributed by atoms with Crippen molar-refractivity contribution in [3.63, 3.8) is 0 Å². The first kappa shape index (κ1) is 19.8. The summed E-state index contributed by atoms with van der Waals surface area (Å²) in [6.07, 6.45) is 4.23. The van der Waals surface area contributed by atoms with Crippen LogP contribution in [0.2, 0.25) is 0 Å². The second-order valence-corrected chi connectivity index (χ2v) is 8.21. The van der Waals surface area contributed by atoms with E-state index in [9.17, 15) is 14.4 Å². The molecule has 0 spiro atoms. The minimum atomic E-state index is -0.299. The Morgan fingerprint density at radius 3 is 2.19 bits per heavy atom. The molecule has 0 bridgehead atoms. The van der Waals surface area contributed by atoms with Gasteiger partial charge < -0.3 is 4.57 Å². The number of imide groups is 1. The standard InChI is InChI=1S/C23H17N5O3S/c29-20(15-7-9-16(10-8-15)27-12-3-4-13-27)24-23-26-25-19(32-23)11-14-28-21(30)17-5-1-2-6-18(17)22(28)31/h1-10,12-13H,11,14H2,(H,24,26,29). The van der Waals surface area contributed by atoms with Gasteiger partial charge in [-0.25, -0.2) is 0 Å². The zero-order valence-electron chi connectivity index (χ0n) is 16.8. The number of amides is 3. The summed E-state index contributed by atoms with van der Waals surface area (Å²) in [6, 6.07) is 17.9. The van der Waals surface area contributed by atoms with Crippen molar-refractivity contribution in [3.8, 4) is 5.69 Å². The average molecular weight is 443 g/mol. The number of nitrogens with one attached hydrogen (secondary N) is 1. The molecular formula is C23H17N5O3S. The molecule has 158 valence electrons. The number of carbonyl (C=O) groups excluding carboxylic acids is 3. The van der Waals surface area contributed by atoms with Gasteiger partial charge in [-0.1, -0.05) is 23.5 Å². The van der Waals surface area contributed by atoms with Gasteiger partial charge in [-0.15, -0.1) is 10.2 Å². The van der Waals surface area contributed by atoms with Crippen LogP contribution >= 0.6 is 11.3 Å². The molecule has 3 amide bonds. The van der Waals surface area contributed by atoms with E-state index in [1.807, 2.05) is 41.2 Å². The number of anilines is 1. The highest BCUT2D eigenvalue weighted by molar-refractivity contribution is 7.15. The van der Waals surface area contributed by atoms with E-state index in [0.29, 0.717) is 33.3 Å². The van der Waals surface area contributed by atoms with E-state index in [2.05, 4.69) is 15.5 Å². The zero-order valence-corrected chi connectivity index (χ0v) is 17.6. The molecule has 1 N–H and O–H groups in total. The quantitative estimate of drug-likeness (QED) is 0.461. The third-order valence-corrected chi connectivity index (χ3v) is 6.05. The van der Waals surface area contributed by atoms with E-state index in [0.717, 1.165) is 5.69 Å². The van der Waals surface area contributed by atoms with Gasteiger partial charge in [0, 0.05) is 36.6 Å². The number of fused-ring (bicyclic) bond motifs is 1. The lowest BCUT2D eigenvalue weighted by molar-refractivity contribution is 0.0655. The topological polar surface area (TPSA) is 97.2 Å². The van der Waals surface area contributed by atoms with E-state index in [1.54, 1.807) is 36.4 Å². The fraction of sp³-hybridized carbons (Fsp3) is 0.0870. The molecule has 2 aromatic heterocycles. The highest BCUT2D eigenvalue weighted by Gasteiger charge is 2.34. The molecule has 32 heavy (non-hydrogen) atoms. The molecular weight excluding hydrogens is 426 g/mol. The third kappa shape index (κ3) is 3.69. The minimum Gasteiger partial charge on any atom is -0.324 e. The van der Waals surface area contributed by atoms with Gasteiger partial charge in [-0.2, -0.15) is 0 Å². The van der Waals surface area contributed by atoms with Crippen molar-refractivity contribution in [3.05, 3.63) is 94.8 Å². The van der Waals surface area contributed by atoms with Crippen molar-refractivity contribution in [1.29, 1.82) is 0 Å². The van der Waals surface area contributed by atoms with Crippen molar-refractivity contribution in [2.24, 2.45) is 0 Å². The van der Waals surface area contributed by atoms with Crippen LogP contribution in [0.15, 0.2) is 73.1 Å². The summed E-state index contributed by atoms with van der Waals surface area (Å²) >= 11 is 1.22. The Bertz CT molecular complexity index is 1280. The van der Waals surface area contributed by atoms with Gasteiger partial charge in [-0.3, -0.25) is 24.6 Å². The molecule has 0 atom stereocenters. The van der Waals surface area contributed by atoms with Gasteiger partial charge in [0.1, 0.15) is 5.01 Å². The molecule has 1 aliphatic rings. The van der Waals surface area contributed by atoms with Crippen LogP contribution in [0.25, 0.3) is 5.69 Å². The molecule has 2 aromatic carbocycles. The second-order valence-electron chi connectivity index (χ2n) is 7.15. The van der Waals surface area contributed by atoms with Gasteiger partial charge in [0.25, 0.3) is 17.7 Å². The monoisotopic (exact) mass is 443 g/mol. The van der Waals surface area contributed by atoms with Crippen LogP contribution in [0.5, 0.6) is 0 Å². The molecule has 0 unspecified atom stereocenters. The highest BCUT2D eigenvalue weighted by atomic mass is 32.1. The van der Waals surface area contributed by atoms with Crippen molar-refractivity contribution in [1.82, 2.24) is 19.7 Å². The number of aromatic nitrogens is 3. The molecule has 9 heteroatoms. The number of nitrogens with zero attached hydrogens (tertiary/aromatic N) is 4. The van der Waals surface area contributed by atoms with Gasteiger partial charge in [0.05, 0.1) is 11.1 Å². The van der Waals surface area contributed by atoms with Gasteiger partial charge in [0.15, 0.2) is 0 Å². The number of carbonyl (C=O) groups is 3. The van der Waals surface area contributed by atoms with Crippen LogP contribution in [0.3, 0.4) is 0 Å². The Hall–Kier alpha value is -4.11. The molecule has 1 aliphatic heterocycles. The van der Waals surface area contributed by atoms with E-state index in [-0.39, 0.29) is 24.3 Å². The lowest BCUT2D eigenvalue weighted by atomic mass is 10.1. The maximum absolute atomic E-state index is 12.5. The maximum atomic E-state index is 12.5. The predicted molar refractivity (Wildman–Crippen MR) is 119 cm³/mol. The SMILES string of the molecule is O=C(Nc1nnc(CCN2C(=O)c3ccccc3C2=O)s1)c1ccc(-n2cccc2)cc1.